The van der Waals surface area contributed by atoms with E-state index in [4.69, 9.17) is 0 Å². The molecule has 0 saturated heterocycles. The van der Waals surface area contributed by atoms with E-state index < -0.39 is 23.6 Å². The first-order chi connectivity index (χ1) is 9.97. The Bertz CT molecular complexity index is 547. The predicted octanol–water partition coefficient (Wildman–Crippen LogP) is 0.641. The van der Waals surface area contributed by atoms with Gasteiger partial charge in [0.2, 0.25) is 11.8 Å². The van der Waals surface area contributed by atoms with Gasteiger partial charge in [-0.3, -0.25) is 9.59 Å². The van der Waals surface area contributed by atoms with Gasteiger partial charge >= 0.3 is 0 Å². The van der Waals surface area contributed by atoms with Crippen LogP contribution in [-0.4, -0.2) is 30.0 Å². The SMILES string of the molecule is O=C(CNC(=O)C1CC1)NCC(O)c1ccc(F)c(F)c1. The molecule has 2 rings (SSSR count). The largest absolute Gasteiger partial charge is 0.387 e. The number of aliphatic hydroxyl groups excluding tert-OH is 1. The van der Waals surface area contributed by atoms with Gasteiger partial charge in [-0.15, -0.1) is 0 Å². The number of amides is 2. The lowest BCUT2D eigenvalue weighted by atomic mass is 10.1. The number of carbonyl (C=O) groups excluding carboxylic acids is 2. The maximum absolute atomic E-state index is 13.0. The summed E-state index contributed by atoms with van der Waals surface area (Å²) in [7, 11) is 0. The predicted molar refractivity (Wildman–Crippen MR) is 70.1 cm³/mol. The van der Waals surface area contributed by atoms with Gasteiger partial charge in [-0.2, -0.15) is 0 Å². The van der Waals surface area contributed by atoms with Crippen LogP contribution >= 0.6 is 0 Å². The quantitative estimate of drug-likeness (QED) is 0.721. The fourth-order valence-electron chi connectivity index (χ4n) is 1.77. The van der Waals surface area contributed by atoms with Crippen LogP contribution in [-0.2, 0) is 9.59 Å². The summed E-state index contributed by atoms with van der Waals surface area (Å²) in [5.74, 6) is -2.64. The Labute approximate surface area is 120 Å². The molecule has 0 spiro atoms. The molecule has 1 fully saturated rings. The van der Waals surface area contributed by atoms with Crippen LogP contribution in [0.15, 0.2) is 18.2 Å². The van der Waals surface area contributed by atoms with Crippen molar-refractivity contribution in [2.24, 2.45) is 5.92 Å². The van der Waals surface area contributed by atoms with Gasteiger partial charge in [0.25, 0.3) is 0 Å². The molecule has 3 N–H and O–H groups in total. The number of benzene rings is 1. The van der Waals surface area contributed by atoms with Crippen molar-refractivity contribution in [2.45, 2.75) is 18.9 Å². The Morgan fingerprint density at radius 3 is 2.57 bits per heavy atom. The zero-order valence-corrected chi connectivity index (χ0v) is 11.2. The molecule has 5 nitrogen and oxygen atoms in total. The van der Waals surface area contributed by atoms with Crippen molar-refractivity contribution in [3.05, 3.63) is 35.4 Å². The first-order valence-electron chi connectivity index (χ1n) is 6.65. The number of aliphatic hydroxyl groups is 1. The molecule has 1 aliphatic carbocycles. The number of rotatable bonds is 6. The molecule has 1 aromatic carbocycles. The average Bonchev–Trinajstić information content (AvgIpc) is 3.29. The van der Waals surface area contributed by atoms with Crippen LogP contribution in [0.25, 0.3) is 0 Å². The van der Waals surface area contributed by atoms with Crippen LogP contribution in [0.5, 0.6) is 0 Å². The topological polar surface area (TPSA) is 78.4 Å². The summed E-state index contributed by atoms with van der Waals surface area (Å²) < 4.78 is 25.8. The number of nitrogens with one attached hydrogen (secondary N) is 2. The van der Waals surface area contributed by atoms with E-state index in [-0.39, 0.29) is 30.5 Å². The van der Waals surface area contributed by atoms with Crippen molar-refractivity contribution in [2.75, 3.05) is 13.1 Å². The molecule has 114 valence electrons. The molecule has 0 bridgehead atoms. The summed E-state index contributed by atoms with van der Waals surface area (Å²) in [6.07, 6.45) is 0.549. The van der Waals surface area contributed by atoms with E-state index in [0.717, 1.165) is 25.0 Å². The summed E-state index contributed by atoms with van der Waals surface area (Å²) in [5.41, 5.74) is 0.163. The maximum Gasteiger partial charge on any atom is 0.239 e. The molecule has 21 heavy (non-hydrogen) atoms. The smallest absolute Gasteiger partial charge is 0.239 e. The molecule has 2 amide bonds. The fourth-order valence-corrected chi connectivity index (χ4v) is 1.77. The first-order valence-corrected chi connectivity index (χ1v) is 6.65. The third-order valence-electron chi connectivity index (χ3n) is 3.19. The first kappa shape index (κ1) is 15.4. The Kier molecular flexibility index (Phi) is 4.85. The summed E-state index contributed by atoms with van der Waals surface area (Å²) in [6.45, 7) is -0.316. The molecular formula is C14H16F2N2O3. The van der Waals surface area contributed by atoms with Gasteiger partial charge in [0.05, 0.1) is 12.6 Å². The van der Waals surface area contributed by atoms with E-state index in [9.17, 15) is 23.5 Å². The van der Waals surface area contributed by atoms with E-state index in [1.165, 1.54) is 6.07 Å². The zero-order chi connectivity index (χ0) is 15.4. The van der Waals surface area contributed by atoms with Gasteiger partial charge in [-0.1, -0.05) is 6.07 Å². The second-order valence-corrected chi connectivity index (χ2v) is 4.99. The second kappa shape index (κ2) is 6.62. The normalized spacial score (nSPS) is 15.4. The number of hydrogen-bond donors (Lipinski definition) is 3. The lowest BCUT2D eigenvalue weighted by Crippen LogP contribution is -2.39. The maximum atomic E-state index is 13.0. The van der Waals surface area contributed by atoms with Crippen molar-refractivity contribution in [1.82, 2.24) is 10.6 Å². The highest BCUT2D eigenvalue weighted by molar-refractivity contribution is 5.86. The van der Waals surface area contributed by atoms with Crippen LogP contribution in [0.2, 0.25) is 0 Å². The van der Waals surface area contributed by atoms with E-state index >= 15 is 0 Å². The average molecular weight is 298 g/mol. The minimum absolute atomic E-state index is 0.0191. The lowest BCUT2D eigenvalue weighted by molar-refractivity contribution is -0.127. The highest BCUT2D eigenvalue weighted by Gasteiger charge is 2.29. The Hall–Kier alpha value is -2.02. The van der Waals surface area contributed by atoms with Crippen LogP contribution in [0.3, 0.4) is 0 Å². The minimum atomic E-state index is -1.15. The Morgan fingerprint density at radius 2 is 1.95 bits per heavy atom. The molecule has 0 aliphatic heterocycles. The molecule has 7 heteroatoms. The van der Waals surface area contributed by atoms with E-state index in [1.54, 1.807) is 0 Å². The molecule has 1 atom stereocenters. The van der Waals surface area contributed by atoms with Crippen molar-refractivity contribution in [3.63, 3.8) is 0 Å². The van der Waals surface area contributed by atoms with Crippen molar-refractivity contribution < 1.29 is 23.5 Å². The van der Waals surface area contributed by atoms with Crippen LogP contribution < -0.4 is 10.6 Å². The second-order valence-electron chi connectivity index (χ2n) is 4.99. The highest BCUT2D eigenvalue weighted by Crippen LogP contribution is 2.28. The van der Waals surface area contributed by atoms with Gasteiger partial charge in [0.1, 0.15) is 0 Å². The van der Waals surface area contributed by atoms with Crippen molar-refractivity contribution >= 4 is 11.8 Å². The van der Waals surface area contributed by atoms with Gasteiger partial charge in [-0.25, -0.2) is 8.78 Å². The standard InChI is InChI=1S/C14H16F2N2O3/c15-10-4-3-9(5-11(10)16)12(19)6-17-13(20)7-18-14(21)8-1-2-8/h3-5,8,12,19H,1-2,6-7H2,(H,17,20)(H,18,21). The molecule has 1 aromatic rings. The summed E-state index contributed by atoms with van der Waals surface area (Å²) in [5, 5.41) is 14.7. The van der Waals surface area contributed by atoms with Crippen LogP contribution in [0, 0.1) is 17.6 Å². The van der Waals surface area contributed by atoms with Gasteiger partial charge in [0.15, 0.2) is 11.6 Å². The Morgan fingerprint density at radius 1 is 1.24 bits per heavy atom. The van der Waals surface area contributed by atoms with Crippen molar-refractivity contribution in [3.8, 4) is 0 Å². The van der Waals surface area contributed by atoms with E-state index in [2.05, 4.69) is 10.6 Å². The van der Waals surface area contributed by atoms with E-state index in [0.29, 0.717) is 0 Å². The number of hydrogen-bond acceptors (Lipinski definition) is 3. The molecule has 0 aromatic heterocycles. The van der Waals surface area contributed by atoms with Crippen molar-refractivity contribution in [1.29, 1.82) is 0 Å². The minimum Gasteiger partial charge on any atom is -0.387 e. The van der Waals surface area contributed by atoms with Crippen LogP contribution in [0.4, 0.5) is 8.78 Å². The summed E-state index contributed by atoms with van der Waals surface area (Å²) >= 11 is 0. The number of halogens is 2. The molecule has 0 radical (unpaired) electrons. The molecule has 1 unspecified atom stereocenters. The third kappa shape index (κ3) is 4.49. The molecule has 1 aliphatic rings. The number of carbonyl (C=O) groups is 2. The van der Waals surface area contributed by atoms with E-state index in [1.807, 2.05) is 0 Å². The third-order valence-corrected chi connectivity index (χ3v) is 3.19. The van der Waals surface area contributed by atoms with Gasteiger partial charge in [-0.05, 0) is 30.5 Å². The lowest BCUT2D eigenvalue weighted by Gasteiger charge is -2.13. The molecule has 1 saturated carbocycles. The monoisotopic (exact) mass is 298 g/mol. The van der Waals surface area contributed by atoms with Gasteiger partial charge < -0.3 is 15.7 Å². The van der Waals surface area contributed by atoms with Crippen LogP contribution in [0.1, 0.15) is 24.5 Å². The van der Waals surface area contributed by atoms with Gasteiger partial charge in [0, 0.05) is 12.5 Å². The summed E-state index contributed by atoms with van der Waals surface area (Å²) in [4.78, 5) is 22.8. The molecule has 0 heterocycles. The molecular weight excluding hydrogens is 282 g/mol. The fraction of sp³-hybridized carbons (Fsp3) is 0.429. The highest BCUT2D eigenvalue weighted by atomic mass is 19.2. The Balaban J connectivity index is 1.74. The summed E-state index contributed by atoms with van der Waals surface area (Å²) in [6, 6.07) is 3.02. The zero-order valence-electron chi connectivity index (χ0n) is 11.2.